The van der Waals surface area contributed by atoms with E-state index in [1.165, 1.54) is 0 Å². The first-order valence-electron chi connectivity index (χ1n) is 5.99. The third kappa shape index (κ3) is 4.15. The fraction of sp³-hybridized carbons (Fsp3) is 0.0667. The molecule has 0 aliphatic carbocycles. The Morgan fingerprint density at radius 1 is 1.15 bits per heavy atom. The highest BCUT2D eigenvalue weighted by Crippen LogP contribution is 2.14. The number of hydrogen-bond donors (Lipinski definition) is 2. The van der Waals surface area contributed by atoms with E-state index in [0.29, 0.717) is 5.56 Å². The Labute approximate surface area is 131 Å². The van der Waals surface area contributed by atoms with Gasteiger partial charge in [-0.15, -0.1) is 0 Å². The van der Waals surface area contributed by atoms with Crippen LogP contribution in [0.25, 0.3) is 0 Å². The van der Waals surface area contributed by atoms with Gasteiger partial charge in [0.2, 0.25) is 0 Å². The summed E-state index contributed by atoms with van der Waals surface area (Å²) in [5.74, 6) is -0.219. The van der Waals surface area contributed by atoms with Gasteiger partial charge in [0, 0.05) is 15.7 Å². The quantitative estimate of drug-likeness (QED) is 0.809. The summed E-state index contributed by atoms with van der Waals surface area (Å²) >= 11 is 8.48. The predicted molar refractivity (Wildman–Crippen MR) is 89.0 cm³/mol. The van der Waals surface area contributed by atoms with E-state index in [0.717, 1.165) is 15.7 Å². The van der Waals surface area contributed by atoms with E-state index in [1.54, 1.807) is 6.07 Å². The SMILES string of the molecule is Cc1cccc(C(=O)NC(=S)Nc2ccc(Br)cc2)c1. The zero-order valence-corrected chi connectivity index (χ0v) is 13.2. The van der Waals surface area contributed by atoms with E-state index >= 15 is 0 Å². The average Bonchev–Trinajstić information content (AvgIpc) is 2.41. The van der Waals surface area contributed by atoms with Crippen molar-refractivity contribution in [1.29, 1.82) is 0 Å². The first-order valence-corrected chi connectivity index (χ1v) is 7.19. The molecule has 2 rings (SSSR count). The number of halogens is 1. The van der Waals surface area contributed by atoms with Gasteiger partial charge >= 0.3 is 0 Å². The molecule has 102 valence electrons. The fourth-order valence-corrected chi connectivity index (χ4v) is 2.13. The van der Waals surface area contributed by atoms with Crippen molar-refractivity contribution in [3.63, 3.8) is 0 Å². The molecule has 2 aromatic rings. The number of carbonyl (C=O) groups is 1. The van der Waals surface area contributed by atoms with E-state index in [1.807, 2.05) is 49.4 Å². The molecule has 20 heavy (non-hydrogen) atoms. The van der Waals surface area contributed by atoms with Crippen molar-refractivity contribution in [2.24, 2.45) is 0 Å². The smallest absolute Gasteiger partial charge is 0.257 e. The molecule has 0 aliphatic heterocycles. The van der Waals surface area contributed by atoms with Crippen molar-refractivity contribution in [2.75, 3.05) is 5.32 Å². The molecule has 0 atom stereocenters. The maximum Gasteiger partial charge on any atom is 0.257 e. The molecule has 1 amide bonds. The third-order valence-corrected chi connectivity index (χ3v) is 3.34. The zero-order valence-electron chi connectivity index (χ0n) is 10.8. The molecule has 0 spiro atoms. The summed E-state index contributed by atoms with van der Waals surface area (Å²) in [7, 11) is 0. The van der Waals surface area contributed by atoms with Gasteiger partial charge in [0.15, 0.2) is 5.11 Å². The van der Waals surface area contributed by atoms with Crippen molar-refractivity contribution in [3.8, 4) is 0 Å². The van der Waals surface area contributed by atoms with Crippen LogP contribution in [0.2, 0.25) is 0 Å². The number of benzene rings is 2. The number of aryl methyl sites for hydroxylation is 1. The van der Waals surface area contributed by atoms with Crippen LogP contribution in [0.3, 0.4) is 0 Å². The lowest BCUT2D eigenvalue weighted by molar-refractivity contribution is 0.0977. The molecule has 0 aliphatic rings. The van der Waals surface area contributed by atoms with E-state index in [4.69, 9.17) is 12.2 Å². The maximum absolute atomic E-state index is 12.0. The molecular formula is C15H13BrN2OS. The molecule has 0 fully saturated rings. The number of amides is 1. The van der Waals surface area contributed by atoms with Gasteiger partial charge in [-0.25, -0.2) is 0 Å². The van der Waals surface area contributed by atoms with Crippen LogP contribution in [-0.2, 0) is 0 Å². The van der Waals surface area contributed by atoms with Crippen molar-refractivity contribution >= 4 is 44.9 Å². The minimum absolute atomic E-state index is 0.219. The largest absolute Gasteiger partial charge is 0.332 e. The summed E-state index contributed by atoms with van der Waals surface area (Å²) < 4.78 is 0.984. The van der Waals surface area contributed by atoms with Gasteiger partial charge in [0.1, 0.15) is 0 Å². The number of nitrogens with one attached hydrogen (secondary N) is 2. The second-order valence-corrected chi connectivity index (χ2v) is 5.61. The lowest BCUT2D eigenvalue weighted by atomic mass is 10.1. The highest BCUT2D eigenvalue weighted by atomic mass is 79.9. The maximum atomic E-state index is 12.0. The van der Waals surface area contributed by atoms with Gasteiger partial charge < -0.3 is 5.32 Å². The number of rotatable bonds is 2. The van der Waals surface area contributed by atoms with Crippen LogP contribution in [0.15, 0.2) is 53.0 Å². The molecule has 0 unspecified atom stereocenters. The number of thiocarbonyl (C=S) groups is 1. The monoisotopic (exact) mass is 348 g/mol. The number of anilines is 1. The molecular weight excluding hydrogens is 336 g/mol. The molecule has 5 heteroatoms. The highest BCUT2D eigenvalue weighted by molar-refractivity contribution is 9.10. The fourth-order valence-electron chi connectivity index (χ4n) is 1.66. The molecule has 2 N–H and O–H groups in total. The van der Waals surface area contributed by atoms with E-state index in [-0.39, 0.29) is 11.0 Å². The second-order valence-electron chi connectivity index (χ2n) is 4.28. The Hall–Kier alpha value is -1.72. The van der Waals surface area contributed by atoms with Crippen LogP contribution in [0, 0.1) is 6.92 Å². The van der Waals surface area contributed by atoms with Crippen molar-refractivity contribution in [2.45, 2.75) is 6.92 Å². The van der Waals surface area contributed by atoms with Crippen molar-refractivity contribution < 1.29 is 4.79 Å². The van der Waals surface area contributed by atoms with Crippen LogP contribution >= 0.6 is 28.1 Å². The normalized spacial score (nSPS) is 9.90. The number of hydrogen-bond acceptors (Lipinski definition) is 2. The van der Waals surface area contributed by atoms with Crippen LogP contribution in [-0.4, -0.2) is 11.0 Å². The Balaban J connectivity index is 1.97. The van der Waals surface area contributed by atoms with Gasteiger partial charge in [0.05, 0.1) is 0 Å². The Morgan fingerprint density at radius 3 is 2.50 bits per heavy atom. The third-order valence-electron chi connectivity index (χ3n) is 2.61. The molecule has 3 nitrogen and oxygen atoms in total. The molecule has 0 radical (unpaired) electrons. The van der Waals surface area contributed by atoms with Crippen LogP contribution in [0.5, 0.6) is 0 Å². The lowest BCUT2D eigenvalue weighted by Gasteiger charge is -2.10. The van der Waals surface area contributed by atoms with Crippen LogP contribution in [0.1, 0.15) is 15.9 Å². The molecule has 0 saturated heterocycles. The van der Waals surface area contributed by atoms with Gasteiger partial charge in [0.25, 0.3) is 5.91 Å². The Bertz CT molecular complexity index is 641. The van der Waals surface area contributed by atoms with Crippen molar-refractivity contribution in [1.82, 2.24) is 5.32 Å². The molecule has 2 aromatic carbocycles. The summed E-state index contributed by atoms with van der Waals surface area (Å²) in [5.41, 5.74) is 2.44. The highest BCUT2D eigenvalue weighted by Gasteiger charge is 2.07. The first kappa shape index (κ1) is 14.7. The summed E-state index contributed by atoms with van der Waals surface area (Å²) in [4.78, 5) is 12.0. The lowest BCUT2D eigenvalue weighted by Crippen LogP contribution is -2.34. The topological polar surface area (TPSA) is 41.1 Å². The van der Waals surface area contributed by atoms with E-state index in [2.05, 4.69) is 26.6 Å². The minimum atomic E-state index is -0.219. The molecule has 0 aromatic heterocycles. The van der Waals surface area contributed by atoms with Gasteiger partial charge in [-0.1, -0.05) is 33.6 Å². The van der Waals surface area contributed by atoms with E-state index in [9.17, 15) is 4.79 Å². The standard InChI is InChI=1S/C15H13BrN2OS/c1-10-3-2-4-11(9-10)14(19)18-15(20)17-13-7-5-12(16)6-8-13/h2-9H,1H3,(H2,17,18,19,20). The summed E-state index contributed by atoms with van der Waals surface area (Å²) in [6, 6.07) is 14.9. The summed E-state index contributed by atoms with van der Waals surface area (Å²) in [6.45, 7) is 1.94. The second kappa shape index (κ2) is 6.63. The van der Waals surface area contributed by atoms with Gasteiger partial charge in [-0.3, -0.25) is 10.1 Å². The van der Waals surface area contributed by atoms with Gasteiger partial charge in [-0.2, -0.15) is 0 Å². The zero-order chi connectivity index (χ0) is 14.5. The first-order chi connectivity index (χ1) is 9.54. The molecule has 0 heterocycles. The molecule has 0 saturated carbocycles. The minimum Gasteiger partial charge on any atom is -0.332 e. The van der Waals surface area contributed by atoms with Crippen LogP contribution in [0.4, 0.5) is 5.69 Å². The van der Waals surface area contributed by atoms with E-state index < -0.39 is 0 Å². The van der Waals surface area contributed by atoms with Gasteiger partial charge in [-0.05, 0) is 55.5 Å². The Kier molecular flexibility index (Phi) is 4.87. The number of carbonyl (C=O) groups excluding carboxylic acids is 1. The van der Waals surface area contributed by atoms with Crippen LogP contribution < -0.4 is 10.6 Å². The summed E-state index contributed by atoms with van der Waals surface area (Å²) in [5, 5.41) is 5.90. The Morgan fingerprint density at radius 2 is 1.85 bits per heavy atom. The molecule has 0 bridgehead atoms. The predicted octanol–water partition coefficient (Wildman–Crippen LogP) is 3.88. The summed E-state index contributed by atoms with van der Waals surface area (Å²) in [6.07, 6.45) is 0. The van der Waals surface area contributed by atoms with Crippen molar-refractivity contribution in [3.05, 3.63) is 64.1 Å². The average molecular weight is 349 g/mol.